The summed E-state index contributed by atoms with van der Waals surface area (Å²) in [7, 11) is 0. The Morgan fingerprint density at radius 3 is 2.50 bits per heavy atom. The van der Waals surface area contributed by atoms with Crippen molar-refractivity contribution in [1.82, 2.24) is 4.98 Å². The number of carbonyl (C=O) groups excluding carboxylic acids is 2. The Balaban J connectivity index is 2.57. The van der Waals surface area contributed by atoms with Gasteiger partial charge in [-0.1, -0.05) is 0 Å². The Morgan fingerprint density at radius 2 is 2.00 bits per heavy atom. The van der Waals surface area contributed by atoms with Gasteiger partial charge in [0, 0.05) is 23.9 Å². The largest absolute Gasteiger partial charge is 0.466 e. The van der Waals surface area contributed by atoms with Gasteiger partial charge >= 0.3 is 5.97 Å². The highest BCUT2D eigenvalue weighted by atomic mass is 16.5. The van der Waals surface area contributed by atoms with E-state index in [-0.39, 0.29) is 24.6 Å². The molecule has 0 saturated carbocycles. The second-order valence-corrected chi connectivity index (χ2v) is 3.70. The predicted octanol–water partition coefficient (Wildman–Crippen LogP) is 2.16. The third kappa shape index (κ3) is 2.95. The smallest absolute Gasteiger partial charge is 0.306 e. The predicted molar refractivity (Wildman–Crippen MR) is 60.5 cm³/mol. The quantitative estimate of drug-likeness (QED) is 0.614. The highest BCUT2D eigenvalue weighted by Crippen LogP contribution is 2.15. The minimum atomic E-state index is -0.318. The molecule has 0 aliphatic carbocycles. The number of ether oxygens (including phenoxy) is 1. The number of hydrogen-bond donors (Lipinski definition) is 1. The lowest BCUT2D eigenvalue weighted by molar-refractivity contribution is -0.143. The molecule has 0 amide bonds. The number of carbonyl (C=O) groups is 2. The van der Waals surface area contributed by atoms with Crippen LogP contribution in [0.2, 0.25) is 0 Å². The molecule has 0 unspecified atom stereocenters. The maximum atomic E-state index is 11.8. The first-order valence-electron chi connectivity index (χ1n) is 5.39. The third-order valence-electron chi connectivity index (χ3n) is 2.41. The number of aryl methyl sites for hydroxylation is 2. The van der Waals surface area contributed by atoms with Gasteiger partial charge in [-0.05, 0) is 26.3 Å². The molecule has 0 radical (unpaired) electrons. The van der Waals surface area contributed by atoms with E-state index < -0.39 is 0 Å². The van der Waals surface area contributed by atoms with Crippen molar-refractivity contribution >= 4 is 11.8 Å². The van der Waals surface area contributed by atoms with Crippen molar-refractivity contribution in [2.24, 2.45) is 0 Å². The molecule has 4 heteroatoms. The van der Waals surface area contributed by atoms with E-state index in [4.69, 9.17) is 4.74 Å². The van der Waals surface area contributed by atoms with Gasteiger partial charge in [-0.2, -0.15) is 0 Å². The Bertz CT molecular complexity index is 373. The monoisotopic (exact) mass is 223 g/mol. The van der Waals surface area contributed by atoms with Crippen LogP contribution in [0.15, 0.2) is 6.20 Å². The number of rotatable bonds is 5. The Hall–Kier alpha value is -1.58. The Morgan fingerprint density at radius 1 is 1.31 bits per heavy atom. The topological polar surface area (TPSA) is 59.2 Å². The lowest BCUT2D eigenvalue weighted by atomic mass is 10.0. The van der Waals surface area contributed by atoms with Gasteiger partial charge in [-0.3, -0.25) is 9.59 Å². The molecule has 1 rings (SSSR count). The first kappa shape index (κ1) is 12.5. The van der Waals surface area contributed by atoms with Crippen molar-refractivity contribution in [2.45, 2.75) is 33.6 Å². The number of nitrogens with one attached hydrogen (secondary N) is 1. The summed E-state index contributed by atoms with van der Waals surface area (Å²) >= 11 is 0. The molecular weight excluding hydrogens is 206 g/mol. The van der Waals surface area contributed by atoms with Crippen LogP contribution in [-0.2, 0) is 9.53 Å². The van der Waals surface area contributed by atoms with Gasteiger partial charge < -0.3 is 9.72 Å². The van der Waals surface area contributed by atoms with Crippen LogP contribution >= 0.6 is 0 Å². The molecule has 1 N–H and O–H groups in total. The van der Waals surface area contributed by atoms with Gasteiger partial charge in [0.05, 0.1) is 13.0 Å². The van der Waals surface area contributed by atoms with E-state index in [1.807, 2.05) is 13.8 Å². The van der Waals surface area contributed by atoms with Crippen LogP contribution in [0.25, 0.3) is 0 Å². The standard InChI is InChI=1S/C12H17NO3/c1-4-16-11(15)6-5-10(14)12-8(2)7-13-9(12)3/h7,13H,4-6H2,1-3H3. The van der Waals surface area contributed by atoms with Gasteiger partial charge in [0.2, 0.25) is 0 Å². The van der Waals surface area contributed by atoms with Crippen molar-refractivity contribution in [2.75, 3.05) is 6.61 Å². The molecule has 0 aromatic carbocycles. The lowest BCUT2D eigenvalue weighted by Crippen LogP contribution is -2.08. The molecule has 4 nitrogen and oxygen atoms in total. The maximum Gasteiger partial charge on any atom is 0.306 e. The first-order chi connectivity index (χ1) is 7.56. The minimum absolute atomic E-state index is 0.00990. The van der Waals surface area contributed by atoms with Crippen molar-refractivity contribution in [3.63, 3.8) is 0 Å². The molecule has 0 aliphatic heterocycles. The number of esters is 1. The Kier molecular flexibility index (Phi) is 4.28. The van der Waals surface area contributed by atoms with E-state index in [9.17, 15) is 9.59 Å². The van der Waals surface area contributed by atoms with Crippen molar-refractivity contribution < 1.29 is 14.3 Å². The molecule has 1 heterocycles. The third-order valence-corrected chi connectivity index (χ3v) is 2.41. The van der Waals surface area contributed by atoms with Gasteiger partial charge in [-0.15, -0.1) is 0 Å². The summed E-state index contributed by atoms with van der Waals surface area (Å²) in [5.74, 6) is -0.328. The summed E-state index contributed by atoms with van der Waals surface area (Å²) in [6.07, 6.45) is 2.15. The van der Waals surface area contributed by atoms with Crippen LogP contribution in [0.5, 0.6) is 0 Å². The molecule has 16 heavy (non-hydrogen) atoms. The lowest BCUT2D eigenvalue weighted by Gasteiger charge is -2.02. The highest BCUT2D eigenvalue weighted by molar-refractivity contribution is 5.99. The van der Waals surface area contributed by atoms with Crippen LogP contribution < -0.4 is 0 Å². The molecule has 0 bridgehead atoms. The average Bonchev–Trinajstić information content (AvgIpc) is 2.56. The van der Waals surface area contributed by atoms with E-state index in [1.54, 1.807) is 13.1 Å². The average molecular weight is 223 g/mol. The van der Waals surface area contributed by atoms with Crippen molar-refractivity contribution in [3.05, 3.63) is 23.0 Å². The summed E-state index contributed by atoms with van der Waals surface area (Å²) in [4.78, 5) is 25.9. The fourth-order valence-electron chi connectivity index (χ4n) is 1.66. The summed E-state index contributed by atoms with van der Waals surface area (Å²) in [5, 5.41) is 0. The molecule has 0 fully saturated rings. The van der Waals surface area contributed by atoms with E-state index >= 15 is 0 Å². The molecule has 88 valence electrons. The highest BCUT2D eigenvalue weighted by Gasteiger charge is 2.15. The number of aromatic nitrogens is 1. The molecule has 0 atom stereocenters. The zero-order chi connectivity index (χ0) is 12.1. The normalized spacial score (nSPS) is 10.2. The summed E-state index contributed by atoms with van der Waals surface area (Å²) in [6.45, 7) is 5.83. The number of H-pyrrole nitrogens is 1. The van der Waals surface area contributed by atoms with Crippen LogP contribution in [0.1, 0.15) is 41.4 Å². The molecule has 0 saturated heterocycles. The number of aromatic amines is 1. The van der Waals surface area contributed by atoms with E-state index in [2.05, 4.69) is 4.98 Å². The van der Waals surface area contributed by atoms with Crippen LogP contribution in [0.4, 0.5) is 0 Å². The maximum absolute atomic E-state index is 11.8. The van der Waals surface area contributed by atoms with Crippen molar-refractivity contribution in [1.29, 1.82) is 0 Å². The van der Waals surface area contributed by atoms with Crippen molar-refractivity contribution in [3.8, 4) is 0 Å². The molecule has 1 aromatic heterocycles. The summed E-state index contributed by atoms with van der Waals surface area (Å²) < 4.78 is 4.77. The second kappa shape index (κ2) is 5.49. The zero-order valence-corrected chi connectivity index (χ0v) is 9.92. The minimum Gasteiger partial charge on any atom is -0.466 e. The van der Waals surface area contributed by atoms with Gasteiger partial charge in [0.15, 0.2) is 5.78 Å². The fourth-order valence-corrected chi connectivity index (χ4v) is 1.66. The van der Waals surface area contributed by atoms with Crippen LogP contribution in [0, 0.1) is 13.8 Å². The number of ketones is 1. The second-order valence-electron chi connectivity index (χ2n) is 3.70. The zero-order valence-electron chi connectivity index (χ0n) is 9.92. The van der Waals surface area contributed by atoms with Crippen LogP contribution in [-0.4, -0.2) is 23.3 Å². The summed E-state index contributed by atoms with van der Waals surface area (Å²) in [5.41, 5.74) is 2.47. The van der Waals surface area contributed by atoms with E-state index in [0.717, 1.165) is 11.3 Å². The molecular formula is C12H17NO3. The molecule has 0 spiro atoms. The van der Waals surface area contributed by atoms with Gasteiger partial charge in [-0.25, -0.2) is 0 Å². The van der Waals surface area contributed by atoms with Gasteiger partial charge in [0.25, 0.3) is 0 Å². The summed E-state index contributed by atoms with van der Waals surface area (Å²) in [6, 6.07) is 0. The number of hydrogen-bond acceptors (Lipinski definition) is 3. The molecule has 1 aromatic rings. The van der Waals surface area contributed by atoms with Crippen LogP contribution in [0.3, 0.4) is 0 Å². The number of Topliss-reactive ketones (excluding diaryl/α,β-unsaturated/α-hetero) is 1. The fraction of sp³-hybridized carbons (Fsp3) is 0.500. The van der Waals surface area contributed by atoms with Gasteiger partial charge in [0.1, 0.15) is 0 Å². The van der Waals surface area contributed by atoms with E-state index in [1.165, 1.54) is 0 Å². The molecule has 0 aliphatic rings. The van der Waals surface area contributed by atoms with E-state index in [0.29, 0.717) is 12.2 Å². The first-order valence-corrected chi connectivity index (χ1v) is 5.39. The Labute approximate surface area is 95.0 Å². The SMILES string of the molecule is CCOC(=O)CCC(=O)c1c(C)c[nH]c1C.